The number of rotatable bonds is 0. The minimum absolute atomic E-state index is 0.0437. The molecule has 5 fully saturated rings. The van der Waals surface area contributed by atoms with Gasteiger partial charge in [-0.3, -0.25) is 9.59 Å². The molecule has 0 aromatic rings. The molecule has 5 nitrogen and oxygen atoms in total. The standard InChI is InChI=1S/C25H32N2O3/c1-21-10-11-22(2)18(15(21)4-8-25(21)9-6-17(29)30-25)14-12-24(13-26)19(20(14)27)16(28)5-7-23(22,24)3/h14-15,18H,4-12,27H2,1-3H3/t14-,15?,18?,21?,22?,23?,24+,25-/m1/s1. The minimum Gasteiger partial charge on any atom is -0.458 e. The Balaban J connectivity index is 1.54. The smallest absolute Gasteiger partial charge is 0.306 e. The van der Waals surface area contributed by atoms with Gasteiger partial charge in [-0.1, -0.05) is 20.8 Å². The zero-order valence-corrected chi connectivity index (χ0v) is 18.3. The molecule has 0 aromatic heterocycles. The predicted molar refractivity (Wildman–Crippen MR) is 109 cm³/mol. The first kappa shape index (κ1) is 18.9. The van der Waals surface area contributed by atoms with E-state index < -0.39 is 5.41 Å². The normalized spacial score (nSPS) is 56.0. The van der Waals surface area contributed by atoms with Crippen LogP contribution in [0.5, 0.6) is 0 Å². The summed E-state index contributed by atoms with van der Waals surface area (Å²) in [5.74, 6) is 0.899. The Morgan fingerprint density at radius 1 is 1.03 bits per heavy atom. The van der Waals surface area contributed by atoms with Crippen LogP contribution in [0, 0.1) is 50.7 Å². The van der Waals surface area contributed by atoms with Crippen LogP contribution >= 0.6 is 0 Å². The number of nitrogens with zero attached hydrogens (tertiary/aromatic N) is 1. The Bertz CT molecular complexity index is 979. The van der Waals surface area contributed by atoms with E-state index in [0.717, 1.165) is 44.2 Å². The van der Waals surface area contributed by atoms with Crippen molar-refractivity contribution in [1.29, 1.82) is 5.26 Å². The third-order valence-electron chi connectivity index (χ3n) is 11.7. The minimum atomic E-state index is -0.730. The molecule has 2 N–H and O–H groups in total. The van der Waals surface area contributed by atoms with Gasteiger partial charge in [0.1, 0.15) is 5.60 Å². The maximum atomic E-state index is 13.0. The highest BCUT2D eigenvalue weighted by Gasteiger charge is 2.78. The third kappa shape index (κ3) is 1.62. The SMILES string of the molecule is CC12CCC3(C)C(CC[C@@]34CCC(=O)O4)C1[C@H]1C[C@]3(C#N)C(=C1N)C(=O)CCC23C. The summed E-state index contributed by atoms with van der Waals surface area (Å²) in [4.78, 5) is 25.1. The molecule has 1 spiro atoms. The second-order valence-corrected chi connectivity index (χ2v) is 11.9. The Hall–Kier alpha value is -1.83. The number of nitrogens with two attached hydrogens (primary N) is 1. The molecule has 6 rings (SSSR count). The van der Waals surface area contributed by atoms with E-state index in [1.165, 1.54) is 0 Å². The van der Waals surface area contributed by atoms with E-state index in [9.17, 15) is 14.9 Å². The van der Waals surface area contributed by atoms with Gasteiger partial charge >= 0.3 is 5.97 Å². The van der Waals surface area contributed by atoms with Gasteiger partial charge in [0.15, 0.2) is 5.78 Å². The van der Waals surface area contributed by atoms with Crippen molar-refractivity contribution in [2.24, 2.45) is 45.1 Å². The number of carbonyl (C=O) groups excluding carboxylic acids is 2. The molecule has 5 aliphatic carbocycles. The van der Waals surface area contributed by atoms with Crippen molar-refractivity contribution in [1.82, 2.24) is 0 Å². The number of fused-ring (bicyclic) bond motifs is 7. The number of Topliss-reactive ketones (excluding diaryl/α,β-unsaturated/α-hetero) is 1. The van der Waals surface area contributed by atoms with Crippen molar-refractivity contribution in [3.63, 3.8) is 0 Å². The van der Waals surface area contributed by atoms with Crippen LogP contribution in [-0.4, -0.2) is 17.4 Å². The molecule has 1 aliphatic heterocycles. The molecular formula is C25H32N2O3. The van der Waals surface area contributed by atoms with Crippen molar-refractivity contribution in [3.05, 3.63) is 11.3 Å². The van der Waals surface area contributed by atoms with Crippen LogP contribution in [0.2, 0.25) is 0 Å². The number of allylic oxidation sites excluding steroid dienone is 2. The van der Waals surface area contributed by atoms with Crippen molar-refractivity contribution in [2.45, 2.75) is 84.2 Å². The van der Waals surface area contributed by atoms with Crippen LogP contribution < -0.4 is 5.73 Å². The molecule has 4 saturated carbocycles. The maximum absolute atomic E-state index is 13.0. The van der Waals surface area contributed by atoms with Gasteiger partial charge in [0.05, 0.1) is 11.5 Å². The van der Waals surface area contributed by atoms with Gasteiger partial charge in [-0.2, -0.15) is 5.26 Å². The topological polar surface area (TPSA) is 93.2 Å². The van der Waals surface area contributed by atoms with E-state index in [1.54, 1.807) is 0 Å². The Morgan fingerprint density at radius 2 is 1.77 bits per heavy atom. The lowest BCUT2D eigenvalue weighted by Gasteiger charge is -2.68. The molecule has 0 radical (unpaired) electrons. The summed E-state index contributed by atoms with van der Waals surface area (Å²) < 4.78 is 6.08. The van der Waals surface area contributed by atoms with Gasteiger partial charge < -0.3 is 10.5 Å². The second-order valence-electron chi connectivity index (χ2n) is 11.9. The molecule has 1 saturated heterocycles. The summed E-state index contributed by atoms with van der Waals surface area (Å²) in [5.41, 5.74) is 6.76. The Kier molecular flexibility index (Phi) is 3.24. The molecule has 6 aliphatic rings. The zero-order valence-electron chi connectivity index (χ0n) is 18.3. The van der Waals surface area contributed by atoms with Crippen LogP contribution in [0.4, 0.5) is 0 Å². The average molecular weight is 409 g/mol. The fourth-order valence-corrected chi connectivity index (χ4v) is 9.91. The van der Waals surface area contributed by atoms with Crippen molar-refractivity contribution < 1.29 is 14.3 Å². The Morgan fingerprint density at radius 3 is 2.43 bits per heavy atom. The van der Waals surface area contributed by atoms with Crippen LogP contribution in [0.25, 0.3) is 0 Å². The number of hydrogen-bond acceptors (Lipinski definition) is 5. The molecule has 0 aromatic carbocycles. The summed E-state index contributed by atoms with van der Waals surface area (Å²) in [6.45, 7) is 7.04. The lowest BCUT2D eigenvalue weighted by molar-refractivity contribution is -0.210. The lowest BCUT2D eigenvalue weighted by atomic mass is 9.34. The lowest BCUT2D eigenvalue weighted by Crippen LogP contribution is -2.65. The predicted octanol–water partition coefficient (Wildman–Crippen LogP) is 4.02. The Labute approximate surface area is 178 Å². The number of carbonyl (C=O) groups is 2. The van der Waals surface area contributed by atoms with Gasteiger partial charge in [0, 0.05) is 35.4 Å². The quantitative estimate of drug-likeness (QED) is 0.611. The zero-order chi connectivity index (χ0) is 21.3. The summed E-state index contributed by atoms with van der Waals surface area (Å²) in [6, 6.07) is 2.67. The number of esters is 1. The number of ketones is 1. The molecule has 8 atom stereocenters. The number of ether oxygens (including phenoxy) is 1. The number of hydrogen-bond donors (Lipinski definition) is 1. The largest absolute Gasteiger partial charge is 0.458 e. The van der Waals surface area contributed by atoms with Gasteiger partial charge in [-0.05, 0) is 67.6 Å². The first-order chi connectivity index (χ1) is 14.1. The molecule has 5 heteroatoms. The van der Waals surface area contributed by atoms with Crippen molar-refractivity contribution >= 4 is 11.8 Å². The molecule has 0 amide bonds. The van der Waals surface area contributed by atoms with Crippen LogP contribution in [0.3, 0.4) is 0 Å². The average Bonchev–Trinajstić information content (AvgIpc) is 3.33. The monoisotopic (exact) mass is 408 g/mol. The summed E-state index contributed by atoms with van der Waals surface area (Å²) in [7, 11) is 0. The van der Waals surface area contributed by atoms with Crippen molar-refractivity contribution in [3.8, 4) is 6.07 Å². The molecule has 2 bridgehead atoms. The third-order valence-corrected chi connectivity index (χ3v) is 11.7. The fourth-order valence-electron chi connectivity index (χ4n) is 9.91. The van der Waals surface area contributed by atoms with E-state index in [1.807, 2.05) is 0 Å². The van der Waals surface area contributed by atoms with E-state index in [2.05, 4.69) is 26.8 Å². The van der Waals surface area contributed by atoms with E-state index in [-0.39, 0.29) is 39.5 Å². The molecule has 5 unspecified atom stereocenters. The highest BCUT2D eigenvalue weighted by molar-refractivity contribution is 6.00. The van der Waals surface area contributed by atoms with Gasteiger partial charge in [-0.25, -0.2) is 0 Å². The fraction of sp³-hybridized carbons (Fsp3) is 0.800. The van der Waals surface area contributed by atoms with E-state index >= 15 is 0 Å². The van der Waals surface area contributed by atoms with Crippen molar-refractivity contribution in [2.75, 3.05) is 0 Å². The van der Waals surface area contributed by atoms with E-state index in [0.29, 0.717) is 36.7 Å². The van der Waals surface area contributed by atoms with Crippen LogP contribution in [0.15, 0.2) is 11.3 Å². The molecule has 30 heavy (non-hydrogen) atoms. The first-order valence-electron chi connectivity index (χ1n) is 11.8. The van der Waals surface area contributed by atoms with Gasteiger partial charge in [0.25, 0.3) is 0 Å². The van der Waals surface area contributed by atoms with Gasteiger partial charge in [-0.15, -0.1) is 0 Å². The molecule has 160 valence electrons. The van der Waals surface area contributed by atoms with Crippen LogP contribution in [0.1, 0.15) is 78.6 Å². The summed E-state index contributed by atoms with van der Waals surface area (Å²) >= 11 is 0. The highest BCUT2D eigenvalue weighted by atomic mass is 16.6. The van der Waals surface area contributed by atoms with Gasteiger partial charge in [0.2, 0.25) is 0 Å². The summed E-state index contributed by atoms with van der Waals surface area (Å²) in [5, 5.41) is 10.5. The number of nitriles is 1. The highest BCUT2D eigenvalue weighted by Crippen LogP contribution is 2.80. The second kappa shape index (κ2) is 5.14. The summed E-state index contributed by atoms with van der Waals surface area (Å²) in [6.07, 6.45) is 7.37. The molecule has 1 heterocycles. The van der Waals surface area contributed by atoms with E-state index in [4.69, 9.17) is 10.5 Å². The van der Waals surface area contributed by atoms with Crippen LogP contribution in [-0.2, 0) is 14.3 Å². The first-order valence-corrected chi connectivity index (χ1v) is 11.8. The maximum Gasteiger partial charge on any atom is 0.306 e. The molecular weight excluding hydrogens is 376 g/mol.